The lowest BCUT2D eigenvalue weighted by Gasteiger charge is -2.24. The number of halogens is 2. The van der Waals surface area contributed by atoms with Crippen molar-refractivity contribution in [2.45, 2.75) is 18.9 Å². The molecule has 1 aliphatic heterocycles. The van der Waals surface area contributed by atoms with Gasteiger partial charge in [0.1, 0.15) is 5.82 Å². The van der Waals surface area contributed by atoms with Gasteiger partial charge in [-0.05, 0) is 18.9 Å². The number of benzene rings is 1. The summed E-state index contributed by atoms with van der Waals surface area (Å²) < 4.78 is 15.5. The van der Waals surface area contributed by atoms with E-state index in [0.29, 0.717) is 17.1 Å². The predicted octanol–water partition coefficient (Wildman–Crippen LogP) is 3.19. The van der Waals surface area contributed by atoms with Crippen LogP contribution in [0.1, 0.15) is 34.9 Å². The van der Waals surface area contributed by atoms with Crippen molar-refractivity contribution in [3.63, 3.8) is 0 Å². The molecule has 0 radical (unpaired) electrons. The normalized spacial score (nSPS) is 18.2. The summed E-state index contributed by atoms with van der Waals surface area (Å²) in [7, 11) is 1.71. The highest BCUT2D eigenvalue weighted by Crippen LogP contribution is 2.34. The first-order chi connectivity index (χ1) is 10.1. The molecule has 0 aliphatic carbocycles. The topological polar surface area (TPSA) is 38.1 Å². The fraction of sp³-hybridized carbons (Fsp3) is 0.333. The predicted molar refractivity (Wildman–Crippen MR) is 77.6 cm³/mol. The highest BCUT2D eigenvalue weighted by Gasteiger charge is 2.34. The molecule has 0 N–H and O–H groups in total. The highest BCUT2D eigenvalue weighted by molar-refractivity contribution is 6.33. The van der Waals surface area contributed by atoms with E-state index in [2.05, 4.69) is 5.10 Å². The number of nitrogens with zero attached hydrogens (tertiary/aromatic N) is 3. The molecule has 1 aromatic heterocycles. The van der Waals surface area contributed by atoms with Crippen LogP contribution in [0.5, 0.6) is 0 Å². The third-order valence-corrected chi connectivity index (χ3v) is 4.04. The molecular formula is C15H15ClFN3O. The summed E-state index contributed by atoms with van der Waals surface area (Å²) in [5, 5.41) is 4.43. The van der Waals surface area contributed by atoms with Crippen molar-refractivity contribution < 1.29 is 9.18 Å². The lowest BCUT2D eigenvalue weighted by Crippen LogP contribution is -2.31. The number of hydrogen-bond acceptors (Lipinski definition) is 2. The van der Waals surface area contributed by atoms with Gasteiger partial charge in [0.05, 0.1) is 11.1 Å². The molecule has 1 amide bonds. The van der Waals surface area contributed by atoms with Crippen LogP contribution < -0.4 is 0 Å². The van der Waals surface area contributed by atoms with Gasteiger partial charge in [0.15, 0.2) is 5.69 Å². The number of hydrogen-bond donors (Lipinski definition) is 0. The van der Waals surface area contributed by atoms with Crippen LogP contribution in [0, 0.1) is 5.82 Å². The lowest BCUT2D eigenvalue weighted by molar-refractivity contribution is 0.0727. The van der Waals surface area contributed by atoms with Crippen LogP contribution in [0.25, 0.3) is 0 Å². The number of likely N-dealkylation sites (tertiary alicyclic amines) is 1. The second-order valence-corrected chi connectivity index (χ2v) is 5.58. The molecule has 1 atom stereocenters. The smallest absolute Gasteiger partial charge is 0.276 e. The molecular weight excluding hydrogens is 293 g/mol. The molecule has 0 spiro atoms. The van der Waals surface area contributed by atoms with Gasteiger partial charge < -0.3 is 4.90 Å². The van der Waals surface area contributed by atoms with E-state index in [-0.39, 0.29) is 23.5 Å². The van der Waals surface area contributed by atoms with Gasteiger partial charge in [-0.3, -0.25) is 9.48 Å². The zero-order valence-electron chi connectivity index (χ0n) is 11.6. The van der Waals surface area contributed by atoms with Crippen molar-refractivity contribution in [1.29, 1.82) is 0 Å². The summed E-state index contributed by atoms with van der Waals surface area (Å²) in [5.41, 5.74) is 0.776. The molecule has 1 aromatic carbocycles. The first kappa shape index (κ1) is 14.1. The number of amides is 1. The van der Waals surface area contributed by atoms with Crippen LogP contribution in [0.3, 0.4) is 0 Å². The maximum absolute atomic E-state index is 14.0. The summed E-state index contributed by atoms with van der Waals surface area (Å²) in [6.45, 7) is 0.588. The molecule has 2 aromatic rings. The van der Waals surface area contributed by atoms with E-state index in [0.717, 1.165) is 12.8 Å². The summed E-state index contributed by atoms with van der Waals surface area (Å²) in [6.07, 6.45) is 3.18. The number of rotatable bonds is 2. The summed E-state index contributed by atoms with van der Waals surface area (Å²) in [5.74, 6) is -0.527. The molecule has 0 saturated carbocycles. The zero-order valence-corrected chi connectivity index (χ0v) is 12.3. The summed E-state index contributed by atoms with van der Waals surface area (Å²) in [4.78, 5) is 14.3. The minimum Gasteiger partial charge on any atom is -0.330 e. The van der Waals surface area contributed by atoms with E-state index in [9.17, 15) is 9.18 Å². The van der Waals surface area contributed by atoms with Crippen molar-refractivity contribution in [2.24, 2.45) is 7.05 Å². The standard InChI is InChI=1S/C15H15ClFN3O/c1-19-9-11(16)14(18-19)15(21)20-8-4-7-13(20)10-5-2-3-6-12(10)17/h2-3,5-6,9,13H,4,7-8H2,1H3/t13-/m1/s1. The molecule has 110 valence electrons. The molecule has 21 heavy (non-hydrogen) atoms. The van der Waals surface area contributed by atoms with Crippen molar-refractivity contribution in [2.75, 3.05) is 6.54 Å². The molecule has 1 aliphatic rings. The Balaban J connectivity index is 1.93. The monoisotopic (exact) mass is 307 g/mol. The average Bonchev–Trinajstić information content (AvgIpc) is 3.05. The van der Waals surface area contributed by atoms with Crippen LogP contribution in [-0.4, -0.2) is 27.1 Å². The van der Waals surface area contributed by atoms with Crippen molar-refractivity contribution in [3.05, 3.63) is 52.6 Å². The first-order valence-corrected chi connectivity index (χ1v) is 7.20. The van der Waals surface area contributed by atoms with E-state index in [1.807, 2.05) is 0 Å². The molecule has 1 saturated heterocycles. The van der Waals surface area contributed by atoms with Crippen LogP contribution in [0.2, 0.25) is 5.02 Å². The maximum Gasteiger partial charge on any atom is 0.276 e. The number of aryl methyl sites for hydroxylation is 1. The Kier molecular flexibility index (Phi) is 3.68. The molecule has 2 heterocycles. The first-order valence-electron chi connectivity index (χ1n) is 6.82. The van der Waals surface area contributed by atoms with Crippen LogP contribution in [-0.2, 0) is 7.05 Å². The Hall–Kier alpha value is -1.88. The fourth-order valence-electron chi connectivity index (χ4n) is 2.82. The SMILES string of the molecule is Cn1cc(Cl)c(C(=O)N2CCC[C@@H]2c2ccccc2F)n1. The van der Waals surface area contributed by atoms with Crippen molar-refractivity contribution in [1.82, 2.24) is 14.7 Å². The molecule has 0 unspecified atom stereocenters. The van der Waals surface area contributed by atoms with E-state index in [1.54, 1.807) is 36.3 Å². The summed E-state index contributed by atoms with van der Waals surface area (Å²) in [6, 6.07) is 6.33. The Labute approximate surface area is 127 Å². The number of carbonyl (C=O) groups is 1. The van der Waals surface area contributed by atoms with E-state index < -0.39 is 0 Å². The van der Waals surface area contributed by atoms with Crippen molar-refractivity contribution in [3.8, 4) is 0 Å². The lowest BCUT2D eigenvalue weighted by atomic mass is 10.0. The van der Waals surface area contributed by atoms with Crippen LogP contribution in [0.15, 0.2) is 30.5 Å². The third-order valence-electron chi connectivity index (χ3n) is 3.76. The van der Waals surface area contributed by atoms with Crippen LogP contribution in [0.4, 0.5) is 4.39 Å². The largest absolute Gasteiger partial charge is 0.330 e. The number of carbonyl (C=O) groups excluding carboxylic acids is 1. The van der Waals surface area contributed by atoms with Crippen LogP contribution >= 0.6 is 11.6 Å². The van der Waals surface area contributed by atoms with E-state index >= 15 is 0 Å². The van der Waals surface area contributed by atoms with E-state index in [4.69, 9.17) is 11.6 Å². The third kappa shape index (κ3) is 2.53. The molecule has 0 bridgehead atoms. The Morgan fingerprint density at radius 1 is 1.43 bits per heavy atom. The van der Waals surface area contributed by atoms with Crippen molar-refractivity contribution >= 4 is 17.5 Å². The fourth-order valence-corrected chi connectivity index (χ4v) is 3.08. The van der Waals surface area contributed by atoms with Gasteiger partial charge in [0, 0.05) is 25.4 Å². The van der Waals surface area contributed by atoms with Gasteiger partial charge in [-0.1, -0.05) is 29.8 Å². The summed E-state index contributed by atoms with van der Waals surface area (Å²) >= 11 is 6.04. The average molecular weight is 308 g/mol. The Morgan fingerprint density at radius 3 is 2.86 bits per heavy atom. The molecule has 6 heteroatoms. The van der Waals surface area contributed by atoms with Gasteiger partial charge in [-0.25, -0.2) is 4.39 Å². The molecule has 1 fully saturated rings. The highest BCUT2D eigenvalue weighted by atomic mass is 35.5. The van der Waals surface area contributed by atoms with Gasteiger partial charge >= 0.3 is 0 Å². The second kappa shape index (κ2) is 5.48. The molecule has 4 nitrogen and oxygen atoms in total. The number of aromatic nitrogens is 2. The van der Waals surface area contributed by atoms with Gasteiger partial charge in [-0.2, -0.15) is 5.10 Å². The Bertz CT molecular complexity index is 685. The minimum absolute atomic E-state index is 0.224. The van der Waals surface area contributed by atoms with Gasteiger partial charge in [0.2, 0.25) is 0 Å². The second-order valence-electron chi connectivity index (χ2n) is 5.18. The minimum atomic E-state index is -0.283. The molecule has 3 rings (SSSR count). The zero-order chi connectivity index (χ0) is 15.0. The Morgan fingerprint density at radius 2 is 2.19 bits per heavy atom. The van der Waals surface area contributed by atoms with E-state index in [1.165, 1.54) is 10.7 Å². The quantitative estimate of drug-likeness (QED) is 0.854. The van der Waals surface area contributed by atoms with Gasteiger partial charge in [-0.15, -0.1) is 0 Å². The van der Waals surface area contributed by atoms with Gasteiger partial charge in [0.25, 0.3) is 5.91 Å². The maximum atomic E-state index is 14.0.